The SMILES string of the molecule is COC(=O)CSCCC(=O)N1CC(C)CN(C)c2ccccc21. The highest BCUT2D eigenvalue weighted by molar-refractivity contribution is 7.99. The zero-order valence-corrected chi connectivity index (χ0v) is 14.8. The van der Waals surface area contributed by atoms with E-state index in [-0.39, 0.29) is 11.9 Å². The van der Waals surface area contributed by atoms with E-state index in [4.69, 9.17) is 0 Å². The Morgan fingerprint density at radius 1 is 1.26 bits per heavy atom. The zero-order chi connectivity index (χ0) is 16.8. The molecule has 1 unspecified atom stereocenters. The molecule has 2 rings (SSSR count). The van der Waals surface area contributed by atoms with Crippen molar-refractivity contribution >= 4 is 35.0 Å². The molecular weight excluding hydrogens is 312 g/mol. The maximum atomic E-state index is 12.7. The van der Waals surface area contributed by atoms with Crippen LogP contribution in [-0.4, -0.2) is 50.6 Å². The summed E-state index contributed by atoms with van der Waals surface area (Å²) >= 11 is 1.43. The minimum atomic E-state index is -0.252. The molecule has 1 heterocycles. The van der Waals surface area contributed by atoms with Crippen molar-refractivity contribution in [2.24, 2.45) is 5.92 Å². The van der Waals surface area contributed by atoms with Gasteiger partial charge in [0.1, 0.15) is 0 Å². The first-order valence-corrected chi connectivity index (χ1v) is 8.93. The molecule has 1 aromatic rings. The summed E-state index contributed by atoms with van der Waals surface area (Å²) in [5.41, 5.74) is 2.06. The molecule has 5 nitrogen and oxygen atoms in total. The minimum absolute atomic E-state index is 0.108. The summed E-state index contributed by atoms with van der Waals surface area (Å²) < 4.78 is 4.60. The first-order chi connectivity index (χ1) is 11.0. The van der Waals surface area contributed by atoms with Crippen LogP contribution in [0.3, 0.4) is 0 Å². The van der Waals surface area contributed by atoms with E-state index in [2.05, 4.69) is 29.7 Å². The molecule has 0 N–H and O–H groups in total. The second kappa shape index (κ2) is 8.24. The quantitative estimate of drug-likeness (QED) is 0.610. The predicted molar refractivity (Wildman–Crippen MR) is 95.2 cm³/mol. The van der Waals surface area contributed by atoms with Gasteiger partial charge in [0.25, 0.3) is 0 Å². The van der Waals surface area contributed by atoms with Crippen LogP contribution in [0.1, 0.15) is 13.3 Å². The largest absolute Gasteiger partial charge is 0.468 e. The van der Waals surface area contributed by atoms with E-state index < -0.39 is 0 Å². The third kappa shape index (κ3) is 4.64. The molecule has 1 aromatic carbocycles. The molecular formula is C17H24N2O3S. The van der Waals surface area contributed by atoms with Crippen molar-refractivity contribution < 1.29 is 14.3 Å². The van der Waals surface area contributed by atoms with Gasteiger partial charge in [-0.3, -0.25) is 9.59 Å². The average Bonchev–Trinajstić information content (AvgIpc) is 2.68. The van der Waals surface area contributed by atoms with Crippen molar-refractivity contribution in [3.8, 4) is 0 Å². The molecule has 0 spiro atoms. The zero-order valence-electron chi connectivity index (χ0n) is 13.9. The number of amides is 1. The molecule has 23 heavy (non-hydrogen) atoms. The fourth-order valence-electron chi connectivity index (χ4n) is 2.79. The molecule has 126 valence electrons. The van der Waals surface area contributed by atoms with E-state index in [1.54, 1.807) is 0 Å². The van der Waals surface area contributed by atoms with Crippen LogP contribution in [0.2, 0.25) is 0 Å². The summed E-state index contributed by atoms with van der Waals surface area (Å²) in [6.07, 6.45) is 0.423. The van der Waals surface area contributed by atoms with Gasteiger partial charge in [0.05, 0.1) is 24.2 Å². The highest BCUT2D eigenvalue weighted by atomic mass is 32.2. The van der Waals surface area contributed by atoms with Gasteiger partial charge in [-0.15, -0.1) is 11.8 Å². The standard InChI is InChI=1S/C17H24N2O3S/c1-13-10-18(2)14-6-4-5-7-15(14)19(11-13)16(20)8-9-23-12-17(21)22-3/h4-7,13H,8-12H2,1-3H3. The monoisotopic (exact) mass is 336 g/mol. The van der Waals surface area contributed by atoms with Crippen molar-refractivity contribution in [3.05, 3.63) is 24.3 Å². The lowest BCUT2D eigenvalue weighted by Gasteiger charge is -2.24. The van der Waals surface area contributed by atoms with Gasteiger partial charge in [-0.1, -0.05) is 19.1 Å². The molecule has 0 fully saturated rings. The van der Waals surface area contributed by atoms with Crippen molar-refractivity contribution in [2.45, 2.75) is 13.3 Å². The second-order valence-corrected chi connectivity index (χ2v) is 6.96. The first kappa shape index (κ1) is 17.7. The number of esters is 1. The van der Waals surface area contributed by atoms with Crippen LogP contribution in [0.5, 0.6) is 0 Å². The lowest BCUT2D eigenvalue weighted by Crippen LogP contribution is -2.35. The molecule has 0 aliphatic carbocycles. The number of nitrogens with zero attached hydrogens (tertiary/aromatic N) is 2. The Morgan fingerprint density at radius 3 is 2.65 bits per heavy atom. The molecule has 1 aliphatic heterocycles. The van der Waals surface area contributed by atoms with E-state index in [1.807, 2.05) is 23.1 Å². The number of hydrogen-bond acceptors (Lipinski definition) is 5. The lowest BCUT2D eigenvalue weighted by atomic mass is 10.1. The fourth-order valence-corrected chi connectivity index (χ4v) is 3.54. The number of para-hydroxylation sites is 2. The minimum Gasteiger partial charge on any atom is -0.468 e. The maximum Gasteiger partial charge on any atom is 0.315 e. The number of thioether (sulfide) groups is 1. The van der Waals surface area contributed by atoms with Crippen LogP contribution in [0.15, 0.2) is 24.3 Å². The van der Waals surface area contributed by atoms with Gasteiger partial charge in [-0.25, -0.2) is 0 Å². The number of methoxy groups -OCH3 is 1. The van der Waals surface area contributed by atoms with Gasteiger partial charge in [-0.05, 0) is 18.1 Å². The fraction of sp³-hybridized carbons (Fsp3) is 0.529. The second-order valence-electron chi connectivity index (χ2n) is 5.86. The topological polar surface area (TPSA) is 49.9 Å². The summed E-state index contributed by atoms with van der Waals surface area (Å²) in [4.78, 5) is 27.9. The smallest absolute Gasteiger partial charge is 0.315 e. The van der Waals surface area contributed by atoms with E-state index >= 15 is 0 Å². The van der Waals surface area contributed by atoms with Crippen LogP contribution < -0.4 is 9.80 Å². The Morgan fingerprint density at radius 2 is 1.96 bits per heavy atom. The highest BCUT2D eigenvalue weighted by Gasteiger charge is 2.26. The lowest BCUT2D eigenvalue weighted by molar-refractivity contribution is -0.137. The van der Waals surface area contributed by atoms with E-state index in [0.717, 1.165) is 24.5 Å². The third-order valence-electron chi connectivity index (χ3n) is 3.87. The van der Waals surface area contributed by atoms with Crippen LogP contribution in [-0.2, 0) is 14.3 Å². The highest BCUT2D eigenvalue weighted by Crippen LogP contribution is 2.33. The summed E-state index contributed by atoms with van der Waals surface area (Å²) in [6, 6.07) is 8.03. The van der Waals surface area contributed by atoms with Gasteiger partial charge >= 0.3 is 5.97 Å². The van der Waals surface area contributed by atoms with E-state index in [0.29, 0.717) is 23.8 Å². The molecule has 6 heteroatoms. The molecule has 1 atom stereocenters. The Labute approximate surface area is 142 Å². The Balaban J connectivity index is 2.03. The number of rotatable bonds is 5. The van der Waals surface area contributed by atoms with E-state index in [9.17, 15) is 9.59 Å². The molecule has 0 saturated carbocycles. The first-order valence-electron chi connectivity index (χ1n) is 7.78. The molecule has 1 amide bonds. The van der Waals surface area contributed by atoms with Crippen molar-refractivity contribution in [1.82, 2.24) is 0 Å². The molecule has 0 saturated heterocycles. The summed E-state index contributed by atoms with van der Waals surface area (Å²) in [7, 11) is 3.44. The van der Waals surface area contributed by atoms with Crippen LogP contribution in [0.4, 0.5) is 11.4 Å². The Hall–Kier alpha value is -1.69. The third-order valence-corrected chi connectivity index (χ3v) is 4.81. The number of anilines is 2. The van der Waals surface area contributed by atoms with Gasteiger partial charge in [-0.2, -0.15) is 0 Å². The Kier molecular flexibility index (Phi) is 6.33. The molecule has 0 bridgehead atoms. The van der Waals surface area contributed by atoms with Gasteiger partial charge < -0.3 is 14.5 Å². The number of ether oxygens (including phenoxy) is 1. The van der Waals surface area contributed by atoms with E-state index in [1.165, 1.54) is 18.9 Å². The number of carbonyl (C=O) groups is 2. The van der Waals surface area contributed by atoms with Crippen molar-refractivity contribution in [3.63, 3.8) is 0 Å². The molecule has 1 aliphatic rings. The number of fused-ring (bicyclic) bond motifs is 1. The number of hydrogen-bond donors (Lipinski definition) is 0. The van der Waals surface area contributed by atoms with Crippen molar-refractivity contribution in [2.75, 3.05) is 48.6 Å². The van der Waals surface area contributed by atoms with Crippen LogP contribution in [0.25, 0.3) is 0 Å². The van der Waals surface area contributed by atoms with Crippen LogP contribution in [0, 0.1) is 5.92 Å². The van der Waals surface area contributed by atoms with Crippen molar-refractivity contribution in [1.29, 1.82) is 0 Å². The maximum absolute atomic E-state index is 12.7. The normalized spacial score (nSPS) is 17.4. The number of benzene rings is 1. The summed E-state index contributed by atoms with van der Waals surface area (Å²) in [5.74, 6) is 1.17. The predicted octanol–water partition coefficient (Wildman–Crippen LogP) is 2.40. The summed E-state index contributed by atoms with van der Waals surface area (Å²) in [5, 5.41) is 0. The van der Waals surface area contributed by atoms with Gasteiger partial charge in [0.2, 0.25) is 5.91 Å². The number of carbonyl (C=O) groups excluding carboxylic acids is 2. The van der Waals surface area contributed by atoms with Crippen LogP contribution >= 0.6 is 11.8 Å². The van der Waals surface area contributed by atoms with Gasteiger partial charge in [0, 0.05) is 32.3 Å². The Bertz CT molecular complexity index is 565. The van der Waals surface area contributed by atoms with Gasteiger partial charge in [0.15, 0.2) is 0 Å². The summed E-state index contributed by atoms with van der Waals surface area (Å²) in [6.45, 7) is 3.81. The molecule has 0 radical (unpaired) electrons. The molecule has 0 aromatic heterocycles. The average molecular weight is 336 g/mol.